The maximum Gasteiger partial charge on any atom is 0.0776 e. The van der Waals surface area contributed by atoms with Crippen LogP contribution in [0.15, 0.2) is 176 Å². The van der Waals surface area contributed by atoms with Gasteiger partial charge in [-0.1, -0.05) is 188 Å². The molecule has 9 aromatic carbocycles. The van der Waals surface area contributed by atoms with Gasteiger partial charge in [0.15, 0.2) is 0 Å². The molecule has 0 aliphatic heterocycles. The highest BCUT2D eigenvalue weighted by Gasteiger charge is 2.23. The molecule has 0 aliphatic carbocycles. The second-order valence-electron chi connectivity index (χ2n) is 14.0. The zero-order chi connectivity index (χ0) is 39.0. The van der Waals surface area contributed by atoms with E-state index in [0.717, 1.165) is 38.2 Å². The standard InChI is InChI=1S/C49H38Si/c1-50(2,3)39-27-29-44-47(32-39)49(42-23-13-20-35-24-25-37(30-45(35)42)33-14-6-4-7-15-33)46-31-38(41-22-12-19-34-16-10-11-21-40(34)41)26-28-43(46)48(44)36-17-8-5-9-18-36/h4-32H,1-3H3/i26D,27D,28D,29D,31D,32D. The van der Waals surface area contributed by atoms with E-state index in [-0.39, 0.29) is 36.3 Å². The largest absolute Gasteiger partial charge is 0.0776 e. The van der Waals surface area contributed by atoms with E-state index in [2.05, 4.69) is 56.0 Å². The van der Waals surface area contributed by atoms with E-state index in [1.54, 1.807) is 0 Å². The molecule has 0 saturated heterocycles. The van der Waals surface area contributed by atoms with Crippen LogP contribution in [0, 0.1) is 0 Å². The molecule has 1 heteroatoms. The highest BCUT2D eigenvalue weighted by Crippen LogP contribution is 2.47. The first-order valence-electron chi connectivity index (χ1n) is 20.1. The van der Waals surface area contributed by atoms with Crippen LogP contribution < -0.4 is 5.19 Å². The third kappa shape index (κ3) is 5.14. The molecule has 0 fully saturated rings. The molecule has 0 radical (unpaired) electrons. The third-order valence-electron chi connectivity index (χ3n) is 9.76. The van der Waals surface area contributed by atoms with Crippen molar-refractivity contribution in [2.45, 2.75) is 19.6 Å². The van der Waals surface area contributed by atoms with Gasteiger partial charge in [-0.25, -0.2) is 0 Å². The minimum atomic E-state index is -2.40. The first kappa shape index (κ1) is 24.4. The van der Waals surface area contributed by atoms with Gasteiger partial charge in [0, 0.05) is 0 Å². The van der Waals surface area contributed by atoms with Crippen molar-refractivity contribution >= 4 is 56.4 Å². The minimum absolute atomic E-state index is 0.00349. The maximum absolute atomic E-state index is 10.3. The molecule has 0 unspecified atom stereocenters. The van der Waals surface area contributed by atoms with Crippen molar-refractivity contribution in [1.82, 2.24) is 0 Å². The summed E-state index contributed by atoms with van der Waals surface area (Å²) in [6.45, 7) is 6.32. The Labute approximate surface area is 303 Å². The molecule has 0 aromatic heterocycles. The van der Waals surface area contributed by atoms with Crippen LogP contribution >= 0.6 is 0 Å². The summed E-state index contributed by atoms with van der Waals surface area (Å²) >= 11 is 0. The molecule has 0 saturated carbocycles. The smallest absolute Gasteiger partial charge is 0.0656 e. The molecule has 0 N–H and O–H groups in total. The molecular weight excluding hydrogens is 617 g/mol. The number of benzene rings is 9. The summed E-state index contributed by atoms with van der Waals surface area (Å²) in [5, 5.41) is 6.06. The minimum Gasteiger partial charge on any atom is -0.0656 e. The molecule has 0 nitrogen and oxygen atoms in total. The molecule has 9 rings (SSSR count). The van der Waals surface area contributed by atoms with Gasteiger partial charge in [-0.3, -0.25) is 0 Å². The predicted molar refractivity (Wildman–Crippen MR) is 221 cm³/mol. The summed E-state index contributed by atoms with van der Waals surface area (Å²) in [7, 11) is -2.40. The quantitative estimate of drug-likeness (QED) is 0.127. The van der Waals surface area contributed by atoms with Gasteiger partial charge in [0.1, 0.15) is 0 Å². The van der Waals surface area contributed by atoms with Gasteiger partial charge in [-0.15, -0.1) is 0 Å². The lowest BCUT2D eigenvalue weighted by Gasteiger charge is -2.23. The Balaban J connectivity index is 1.60. The second-order valence-corrected chi connectivity index (χ2v) is 19.0. The maximum atomic E-state index is 10.3. The molecule has 50 heavy (non-hydrogen) atoms. The van der Waals surface area contributed by atoms with Crippen LogP contribution in [0.2, 0.25) is 19.6 Å². The summed E-state index contributed by atoms with van der Waals surface area (Å²) in [5.74, 6) is 0. The summed E-state index contributed by atoms with van der Waals surface area (Å²) in [6.07, 6.45) is 0. The van der Waals surface area contributed by atoms with E-state index in [0.29, 0.717) is 54.5 Å². The van der Waals surface area contributed by atoms with Crippen LogP contribution in [0.1, 0.15) is 8.22 Å². The van der Waals surface area contributed by atoms with Crippen molar-refractivity contribution in [2.75, 3.05) is 0 Å². The lowest BCUT2D eigenvalue weighted by atomic mass is 9.83. The molecule has 9 aromatic rings. The van der Waals surface area contributed by atoms with Gasteiger partial charge in [-0.05, 0) is 99.7 Å². The highest BCUT2D eigenvalue weighted by atomic mass is 28.3. The Kier molecular flexibility index (Phi) is 5.84. The van der Waals surface area contributed by atoms with E-state index in [1.807, 2.05) is 103 Å². The SMILES string of the molecule is [2H]c1c(-c2cccc3ccccc23)c([2H])c2c(-c3cccc4ccc(-c5ccccc5)cc34)c3c([2H])c([Si](C)(C)C)c([2H])c([2H])c3c(-c3ccccc3)c2c1[2H]. The van der Waals surface area contributed by atoms with Crippen molar-refractivity contribution in [3.8, 4) is 44.5 Å². The zero-order valence-corrected chi connectivity index (χ0v) is 29.3. The fraction of sp³-hybridized carbons (Fsp3) is 0.0612. The van der Waals surface area contributed by atoms with Crippen LogP contribution in [0.3, 0.4) is 0 Å². The van der Waals surface area contributed by atoms with Crippen molar-refractivity contribution in [2.24, 2.45) is 0 Å². The van der Waals surface area contributed by atoms with Crippen molar-refractivity contribution in [3.05, 3.63) is 176 Å². The Morgan fingerprint density at radius 1 is 0.380 bits per heavy atom. The monoisotopic (exact) mass is 660 g/mol. The van der Waals surface area contributed by atoms with Crippen molar-refractivity contribution in [3.63, 3.8) is 0 Å². The van der Waals surface area contributed by atoms with Gasteiger partial charge in [0.2, 0.25) is 0 Å². The third-order valence-corrected chi connectivity index (χ3v) is 11.5. The topological polar surface area (TPSA) is 0 Å². The molecule has 0 bridgehead atoms. The summed E-state index contributed by atoms with van der Waals surface area (Å²) in [4.78, 5) is 0. The van der Waals surface area contributed by atoms with Crippen LogP contribution in [-0.4, -0.2) is 8.07 Å². The number of rotatable bonds is 5. The summed E-state index contributed by atoms with van der Waals surface area (Å²) in [5.41, 5.74) is 5.69. The number of hydrogen-bond acceptors (Lipinski definition) is 0. The molecule has 0 amide bonds. The van der Waals surface area contributed by atoms with Gasteiger partial charge in [-0.2, -0.15) is 0 Å². The van der Waals surface area contributed by atoms with Gasteiger partial charge in [0.05, 0.1) is 16.3 Å². The first-order chi connectivity index (χ1) is 27.0. The second kappa shape index (κ2) is 12.0. The zero-order valence-electron chi connectivity index (χ0n) is 34.3. The lowest BCUT2D eigenvalue weighted by molar-refractivity contribution is 1.63. The Morgan fingerprint density at radius 3 is 1.72 bits per heavy atom. The van der Waals surface area contributed by atoms with Crippen molar-refractivity contribution in [1.29, 1.82) is 0 Å². The van der Waals surface area contributed by atoms with E-state index in [1.165, 1.54) is 0 Å². The van der Waals surface area contributed by atoms with E-state index in [9.17, 15) is 8.22 Å². The highest BCUT2D eigenvalue weighted by molar-refractivity contribution is 6.88. The Morgan fingerprint density at radius 2 is 0.980 bits per heavy atom. The summed E-state index contributed by atoms with van der Waals surface area (Å²) < 4.78 is 59.2. The first-order valence-corrected chi connectivity index (χ1v) is 20.6. The lowest BCUT2D eigenvalue weighted by Crippen LogP contribution is -2.37. The van der Waals surface area contributed by atoms with Crippen molar-refractivity contribution < 1.29 is 8.22 Å². The van der Waals surface area contributed by atoms with Gasteiger partial charge < -0.3 is 0 Å². The average Bonchev–Trinajstić information content (AvgIpc) is 3.21. The summed E-state index contributed by atoms with van der Waals surface area (Å²) in [6, 6.07) is 46.1. The number of hydrogen-bond donors (Lipinski definition) is 0. The Hall–Kier alpha value is -5.76. The van der Waals surface area contributed by atoms with E-state index in [4.69, 9.17) is 0 Å². The fourth-order valence-corrected chi connectivity index (χ4v) is 8.17. The van der Waals surface area contributed by atoms with Crippen LogP contribution in [0.25, 0.3) is 87.6 Å². The normalized spacial score (nSPS) is 13.6. The molecule has 0 heterocycles. The van der Waals surface area contributed by atoms with Gasteiger partial charge >= 0.3 is 0 Å². The molecule has 0 atom stereocenters. The average molecular weight is 661 g/mol. The molecule has 0 aliphatic rings. The van der Waals surface area contributed by atoms with E-state index >= 15 is 0 Å². The fourth-order valence-electron chi connectivity index (χ4n) is 7.23. The predicted octanol–water partition coefficient (Wildman–Crippen LogP) is 13.5. The van der Waals surface area contributed by atoms with Crippen LogP contribution in [0.5, 0.6) is 0 Å². The molecular formula is C49H38Si. The Bertz CT molecular complexity index is 3050. The molecule has 238 valence electrons. The van der Waals surface area contributed by atoms with Gasteiger partial charge in [0.25, 0.3) is 0 Å². The van der Waals surface area contributed by atoms with E-state index < -0.39 is 8.07 Å². The van der Waals surface area contributed by atoms with Crippen LogP contribution in [-0.2, 0) is 0 Å². The van der Waals surface area contributed by atoms with Crippen LogP contribution in [0.4, 0.5) is 0 Å². The number of fused-ring (bicyclic) bond motifs is 4. The molecule has 0 spiro atoms.